The molecule has 0 radical (unpaired) electrons. The van der Waals surface area contributed by atoms with E-state index in [1.807, 2.05) is 35.7 Å². The van der Waals surface area contributed by atoms with Gasteiger partial charge >= 0.3 is 0 Å². The Morgan fingerprint density at radius 2 is 2.28 bits per heavy atom. The maximum absolute atomic E-state index is 12.1. The third-order valence-electron chi connectivity index (χ3n) is 3.50. The average molecular weight is 245 g/mol. The SMILES string of the molecule is CCC1(O)CN(C(=O)c2cn3ccccc3n2)C1. The molecular weight excluding hydrogens is 230 g/mol. The molecule has 0 aromatic carbocycles. The molecule has 0 saturated carbocycles. The summed E-state index contributed by atoms with van der Waals surface area (Å²) in [5, 5.41) is 9.91. The summed E-state index contributed by atoms with van der Waals surface area (Å²) in [5.41, 5.74) is 0.487. The van der Waals surface area contributed by atoms with Crippen LogP contribution in [0.2, 0.25) is 0 Å². The summed E-state index contributed by atoms with van der Waals surface area (Å²) in [6.45, 7) is 2.72. The van der Waals surface area contributed by atoms with Crippen molar-refractivity contribution in [1.29, 1.82) is 0 Å². The Kier molecular flexibility index (Phi) is 2.38. The summed E-state index contributed by atoms with van der Waals surface area (Å²) in [6, 6.07) is 5.63. The lowest BCUT2D eigenvalue weighted by atomic mass is 9.91. The fraction of sp³-hybridized carbons (Fsp3) is 0.385. The number of carbonyl (C=O) groups is 1. The molecule has 0 unspecified atom stereocenters. The number of likely N-dealkylation sites (tertiary alicyclic amines) is 1. The Labute approximate surface area is 105 Å². The molecule has 3 heterocycles. The lowest BCUT2D eigenvalue weighted by molar-refractivity contribution is -0.0828. The van der Waals surface area contributed by atoms with Crippen LogP contribution in [0.1, 0.15) is 23.8 Å². The molecule has 1 amide bonds. The average Bonchev–Trinajstić information content (AvgIpc) is 2.77. The van der Waals surface area contributed by atoms with Gasteiger partial charge in [-0.15, -0.1) is 0 Å². The number of amides is 1. The van der Waals surface area contributed by atoms with Gasteiger partial charge in [-0.05, 0) is 18.6 Å². The highest BCUT2D eigenvalue weighted by atomic mass is 16.3. The topological polar surface area (TPSA) is 57.8 Å². The third kappa shape index (κ3) is 1.67. The second-order valence-corrected chi connectivity index (χ2v) is 4.83. The quantitative estimate of drug-likeness (QED) is 0.856. The standard InChI is InChI=1S/C13H15N3O2/c1-2-13(18)8-16(9-13)12(17)10-7-15-6-4-3-5-11(15)14-10/h3-7,18H,2,8-9H2,1H3. The molecule has 1 aliphatic heterocycles. The van der Waals surface area contributed by atoms with Crippen LogP contribution in [0.4, 0.5) is 0 Å². The molecule has 1 saturated heterocycles. The van der Waals surface area contributed by atoms with Gasteiger partial charge in [0.1, 0.15) is 11.3 Å². The highest BCUT2D eigenvalue weighted by molar-refractivity contribution is 5.93. The Morgan fingerprint density at radius 1 is 1.50 bits per heavy atom. The first-order chi connectivity index (χ1) is 8.61. The monoisotopic (exact) mass is 245 g/mol. The van der Waals surface area contributed by atoms with Crippen molar-refractivity contribution in [2.24, 2.45) is 0 Å². The van der Waals surface area contributed by atoms with Crippen LogP contribution in [0.25, 0.3) is 5.65 Å². The van der Waals surface area contributed by atoms with Gasteiger partial charge in [0.25, 0.3) is 5.91 Å². The minimum Gasteiger partial charge on any atom is -0.386 e. The third-order valence-corrected chi connectivity index (χ3v) is 3.50. The van der Waals surface area contributed by atoms with Crippen molar-refractivity contribution in [2.45, 2.75) is 18.9 Å². The molecule has 1 fully saturated rings. The van der Waals surface area contributed by atoms with E-state index in [2.05, 4.69) is 4.98 Å². The number of nitrogens with zero attached hydrogens (tertiary/aromatic N) is 3. The van der Waals surface area contributed by atoms with E-state index in [1.54, 1.807) is 11.1 Å². The van der Waals surface area contributed by atoms with Crippen molar-refractivity contribution >= 4 is 11.6 Å². The minimum atomic E-state index is -0.700. The molecule has 0 bridgehead atoms. The van der Waals surface area contributed by atoms with Crippen molar-refractivity contribution in [3.05, 3.63) is 36.3 Å². The molecule has 1 aliphatic rings. The van der Waals surface area contributed by atoms with E-state index in [4.69, 9.17) is 0 Å². The van der Waals surface area contributed by atoms with E-state index in [-0.39, 0.29) is 5.91 Å². The van der Waals surface area contributed by atoms with Gasteiger partial charge in [0.15, 0.2) is 0 Å². The van der Waals surface area contributed by atoms with Crippen LogP contribution >= 0.6 is 0 Å². The van der Waals surface area contributed by atoms with Gasteiger partial charge in [0.05, 0.1) is 18.7 Å². The molecule has 0 spiro atoms. The predicted octanol–water partition coefficient (Wildman–Crippen LogP) is 0.931. The number of aliphatic hydroxyl groups is 1. The van der Waals surface area contributed by atoms with Gasteiger partial charge in [-0.3, -0.25) is 4.79 Å². The van der Waals surface area contributed by atoms with Crippen molar-refractivity contribution in [3.63, 3.8) is 0 Å². The molecule has 1 N–H and O–H groups in total. The van der Waals surface area contributed by atoms with E-state index in [0.717, 1.165) is 5.65 Å². The second kappa shape index (κ2) is 3.81. The van der Waals surface area contributed by atoms with Crippen molar-refractivity contribution < 1.29 is 9.90 Å². The van der Waals surface area contributed by atoms with E-state index in [9.17, 15) is 9.90 Å². The maximum atomic E-state index is 12.1. The van der Waals surface area contributed by atoms with Crippen LogP contribution in [0, 0.1) is 0 Å². The molecule has 0 atom stereocenters. The number of imidazole rings is 1. The first kappa shape index (κ1) is 11.2. The number of pyridine rings is 1. The smallest absolute Gasteiger partial charge is 0.274 e. The zero-order valence-electron chi connectivity index (χ0n) is 10.2. The molecule has 2 aromatic rings. The summed E-state index contributed by atoms with van der Waals surface area (Å²) in [4.78, 5) is 18.0. The number of rotatable bonds is 2. The molecule has 2 aromatic heterocycles. The summed E-state index contributed by atoms with van der Waals surface area (Å²) in [7, 11) is 0. The minimum absolute atomic E-state index is 0.114. The first-order valence-corrected chi connectivity index (χ1v) is 6.07. The number of carbonyl (C=O) groups excluding carboxylic acids is 1. The fourth-order valence-corrected chi connectivity index (χ4v) is 2.23. The van der Waals surface area contributed by atoms with Crippen molar-refractivity contribution in [3.8, 4) is 0 Å². The Bertz CT molecular complexity index is 566. The molecular formula is C13H15N3O2. The Morgan fingerprint density at radius 3 is 2.94 bits per heavy atom. The van der Waals surface area contributed by atoms with Crippen LogP contribution in [-0.4, -0.2) is 44.0 Å². The first-order valence-electron chi connectivity index (χ1n) is 6.07. The predicted molar refractivity (Wildman–Crippen MR) is 66.3 cm³/mol. The molecule has 0 aliphatic carbocycles. The van der Waals surface area contributed by atoms with Crippen molar-refractivity contribution in [2.75, 3.05) is 13.1 Å². The van der Waals surface area contributed by atoms with Crippen molar-refractivity contribution in [1.82, 2.24) is 14.3 Å². The second-order valence-electron chi connectivity index (χ2n) is 4.83. The van der Waals surface area contributed by atoms with E-state index in [0.29, 0.717) is 25.2 Å². The Balaban J connectivity index is 1.81. The number of β-amino-alcohol motifs (C(OH)–C–C–N with tert-alkyl or cyclic N) is 1. The lowest BCUT2D eigenvalue weighted by Crippen LogP contribution is -2.63. The van der Waals surface area contributed by atoms with Gasteiger partial charge in [0.2, 0.25) is 0 Å². The van der Waals surface area contributed by atoms with Gasteiger partial charge in [0, 0.05) is 12.4 Å². The number of hydrogen-bond donors (Lipinski definition) is 1. The van der Waals surface area contributed by atoms with Gasteiger partial charge in [-0.25, -0.2) is 4.98 Å². The van der Waals surface area contributed by atoms with Crippen LogP contribution < -0.4 is 0 Å². The Hall–Kier alpha value is -1.88. The summed E-state index contributed by atoms with van der Waals surface area (Å²) >= 11 is 0. The highest BCUT2D eigenvalue weighted by Gasteiger charge is 2.42. The zero-order valence-corrected chi connectivity index (χ0v) is 10.2. The summed E-state index contributed by atoms with van der Waals surface area (Å²) in [5.74, 6) is -0.114. The van der Waals surface area contributed by atoms with Gasteiger partial charge < -0.3 is 14.4 Å². The molecule has 18 heavy (non-hydrogen) atoms. The van der Waals surface area contributed by atoms with Crippen LogP contribution in [0.5, 0.6) is 0 Å². The highest BCUT2D eigenvalue weighted by Crippen LogP contribution is 2.25. The van der Waals surface area contributed by atoms with Crippen LogP contribution in [0.3, 0.4) is 0 Å². The lowest BCUT2D eigenvalue weighted by Gasteiger charge is -2.45. The molecule has 5 heteroatoms. The zero-order chi connectivity index (χ0) is 12.8. The fourth-order valence-electron chi connectivity index (χ4n) is 2.23. The maximum Gasteiger partial charge on any atom is 0.274 e. The van der Waals surface area contributed by atoms with E-state index < -0.39 is 5.60 Å². The van der Waals surface area contributed by atoms with Crippen LogP contribution in [-0.2, 0) is 0 Å². The van der Waals surface area contributed by atoms with Gasteiger partial charge in [-0.1, -0.05) is 13.0 Å². The number of hydrogen-bond acceptors (Lipinski definition) is 3. The molecule has 94 valence electrons. The van der Waals surface area contributed by atoms with E-state index >= 15 is 0 Å². The van der Waals surface area contributed by atoms with E-state index in [1.165, 1.54) is 0 Å². The molecule has 3 rings (SSSR count). The normalized spacial score (nSPS) is 17.8. The van der Waals surface area contributed by atoms with Gasteiger partial charge in [-0.2, -0.15) is 0 Å². The largest absolute Gasteiger partial charge is 0.386 e. The molecule has 5 nitrogen and oxygen atoms in total. The van der Waals surface area contributed by atoms with Crippen LogP contribution in [0.15, 0.2) is 30.6 Å². The number of aromatic nitrogens is 2. The summed E-state index contributed by atoms with van der Waals surface area (Å²) < 4.78 is 1.82. The number of fused-ring (bicyclic) bond motifs is 1. The summed E-state index contributed by atoms with van der Waals surface area (Å²) in [6.07, 6.45) is 4.25.